The minimum absolute atomic E-state index is 0.0212. The van der Waals surface area contributed by atoms with Crippen molar-refractivity contribution >= 4 is 0 Å². The number of likely N-dealkylation sites (N-methyl/N-ethyl adjacent to an activating group) is 1. The maximum absolute atomic E-state index is 5.95. The van der Waals surface area contributed by atoms with E-state index >= 15 is 0 Å². The Morgan fingerprint density at radius 3 is 2.25 bits per heavy atom. The van der Waals surface area contributed by atoms with Gasteiger partial charge in [0.2, 0.25) is 0 Å². The van der Waals surface area contributed by atoms with Gasteiger partial charge in [-0.25, -0.2) is 0 Å². The third kappa shape index (κ3) is 3.17. The molecule has 1 atom stereocenters. The fourth-order valence-electron chi connectivity index (χ4n) is 2.41. The average molecular weight is 230 g/mol. The zero-order valence-corrected chi connectivity index (χ0v) is 11.0. The molecule has 0 aromatic carbocycles. The van der Waals surface area contributed by atoms with Crippen molar-refractivity contribution in [3.63, 3.8) is 0 Å². The van der Waals surface area contributed by atoms with Crippen LogP contribution in [-0.2, 0) is 9.47 Å². The number of hydrogen-bond donors (Lipinski definition) is 1. The molecule has 4 heteroatoms. The van der Waals surface area contributed by atoms with E-state index in [4.69, 9.17) is 15.2 Å². The van der Waals surface area contributed by atoms with Crippen LogP contribution in [0.2, 0.25) is 0 Å². The molecule has 16 heavy (non-hydrogen) atoms. The normalized spacial score (nSPS) is 20.4. The van der Waals surface area contributed by atoms with Gasteiger partial charge in [-0.05, 0) is 26.3 Å². The van der Waals surface area contributed by atoms with E-state index in [1.54, 1.807) is 14.2 Å². The minimum Gasteiger partial charge on any atom is -0.356 e. The topological polar surface area (TPSA) is 47.7 Å². The third-order valence-electron chi connectivity index (χ3n) is 3.59. The summed E-state index contributed by atoms with van der Waals surface area (Å²) in [7, 11) is 3.36. The van der Waals surface area contributed by atoms with Gasteiger partial charge < -0.3 is 15.2 Å². The second-order valence-electron chi connectivity index (χ2n) is 4.82. The summed E-state index contributed by atoms with van der Waals surface area (Å²) in [6, 6.07) is 0.716. The average Bonchev–Trinajstić information content (AvgIpc) is 3.11. The Kier molecular flexibility index (Phi) is 5.18. The van der Waals surface area contributed by atoms with E-state index in [0.717, 1.165) is 13.0 Å². The van der Waals surface area contributed by atoms with E-state index in [1.165, 1.54) is 12.8 Å². The van der Waals surface area contributed by atoms with E-state index in [1.807, 2.05) is 0 Å². The number of ether oxygens (including phenoxy) is 2. The van der Waals surface area contributed by atoms with Gasteiger partial charge in [-0.3, -0.25) is 4.90 Å². The van der Waals surface area contributed by atoms with Crippen molar-refractivity contribution < 1.29 is 9.47 Å². The first kappa shape index (κ1) is 13.9. The maximum atomic E-state index is 5.95. The third-order valence-corrected chi connectivity index (χ3v) is 3.59. The van der Waals surface area contributed by atoms with Gasteiger partial charge in [0.1, 0.15) is 0 Å². The second-order valence-corrected chi connectivity index (χ2v) is 4.82. The molecule has 0 heterocycles. The highest BCUT2D eigenvalue weighted by Gasteiger charge is 2.40. The molecule has 0 bridgehead atoms. The molecule has 0 aliphatic heterocycles. The van der Waals surface area contributed by atoms with E-state index in [-0.39, 0.29) is 11.8 Å². The number of nitrogens with zero attached hydrogens (tertiary/aromatic N) is 1. The largest absolute Gasteiger partial charge is 0.356 e. The van der Waals surface area contributed by atoms with E-state index in [9.17, 15) is 0 Å². The Hall–Kier alpha value is -0.160. The van der Waals surface area contributed by atoms with Crippen molar-refractivity contribution in [2.24, 2.45) is 5.73 Å². The summed E-state index contributed by atoms with van der Waals surface area (Å²) in [5.74, 6) is 0. The molecule has 1 rings (SSSR count). The van der Waals surface area contributed by atoms with Crippen molar-refractivity contribution in [1.82, 2.24) is 4.90 Å². The van der Waals surface area contributed by atoms with Crippen molar-refractivity contribution in [3.8, 4) is 0 Å². The molecule has 0 saturated heterocycles. The van der Waals surface area contributed by atoms with E-state index in [2.05, 4.69) is 18.7 Å². The molecule has 1 aliphatic rings. The van der Waals surface area contributed by atoms with Crippen LogP contribution < -0.4 is 5.73 Å². The first-order valence-electron chi connectivity index (χ1n) is 6.13. The molecule has 0 radical (unpaired) electrons. The molecular weight excluding hydrogens is 204 g/mol. The highest BCUT2D eigenvalue weighted by atomic mass is 16.7. The summed E-state index contributed by atoms with van der Waals surface area (Å²) in [6.45, 7) is 6.08. The lowest BCUT2D eigenvalue weighted by Crippen LogP contribution is -2.54. The molecule has 1 aliphatic carbocycles. The van der Waals surface area contributed by atoms with Crippen LogP contribution >= 0.6 is 0 Å². The number of hydrogen-bond acceptors (Lipinski definition) is 4. The Bertz CT molecular complexity index is 205. The maximum Gasteiger partial charge on any atom is 0.158 e. The highest BCUT2D eigenvalue weighted by molar-refractivity contribution is 4.96. The van der Waals surface area contributed by atoms with Crippen LogP contribution in [0.3, 0.4) is 0 Å². The Balaban J connectivity index is 2.65. The van der Waals surface area contributed by atoms with Crippen LogP contribution in [0.25, 0.3) is 0 Å². The zero-order valence-electron chi connectivity index (χ0n) is 11.0. The molecule has 96 valence electrons. The molecule has 2 N–H and O–H groups in total. The number of nitrogens with two attached hydrogens (primary N) is 1. The molecule has 0 spiro atoms. The second kappa shape index (κ2) is 5.96. The molecule has 0 aromatic rings. The first-order valence-corrected chi connectivity index (χ1v) is 6.13. The standard InChI is InChI=1S/C12H26N2O2/c1-5-14(10-6-7-10)12(2,9-13)8-11(15-3)16-4/h10-11H,5-9,13H2,1-4H3. The van der Waals surface area contributed by atoms with E-state index in [0.29, 0.717) is 12.6 Å². The zero-order chi connectivity index (χ0) is 12.2. The summed E-state index contributed by atoms with van der Waals surface area (Å²) >= 11 is 0. The van der Waals surface area contributed by atoms with Crippen molar-refractivity contribution in [2.75, 3.05) is 27.3 Å². The molecule has 1 unspecified atom stereocenters. The summed E-state index contributed by atoms with van der Waals surface area (Å²) in [5.41, 5.74) is 5.93. The lowest BCUT2D eigenvalue weighted by Gasteiger charge is -2.42. The smallest absolute Gasteiger partial charge is 0.158 e. The molecular formula is C12H26N2O2. The van der Waals surface area contributed by atoms with Crippen LogP contribution in [0.15, 0.2) is 0 Å². The Morgan fingerprint density at radius 1 is 1.38 bits per heavy atom. The summed E-state index contributed by atoms with van der Waals surface area (Å²) in [5, 5.41) is 0. The van der Waals surface area contributed by atoms with Gasteiger partial charge in [0, 0.05) is 38.8 Å². The van der Waals surface area contributed by atoms with Crippen LogP contribution in [0.5, 0.6) is 0 Å². The molecule has 0 aromatic heterocycles. The number of rotatable bonds is 8. The molecule has 1 fully saturated rings. The fraction of sp³-hybridized carbons (Fsp3) is 1.00. The van der Waals surface area contributed by atoms with Crippen LogP contribution in [-0.4, -0.2) is 50.1 Å². The van der Waals surface area contributed by atoms with Gasteiger partial charge in [0.15, 0.2) is 6.29 Å². The predicted molar refractivity (Wildman–Crippen MR) is 65.3 cm³/mol. The predicted octanol–water partition coefficient (Wildman–Crippen LogP) is 1.20. The van der Waals surface area contributed by atoms with Crippen molar-refractivity contribution in [1.29, 1.82) is 0 Å². The lowest BCUT2D eigenvalue weighted by molar-refractivity contribution is -0.129. The van der Waals surface area contributed by atoms with Crippen molar-refractivity contribution in [2.45, 2.75) is 51.0 Å². The molecule has 1 saturated carbocycles. The number of methoxy groups -OCH3 is 2. The first-order chi connectivity index (χ1) is 7.61. The van der Waals surface area contributed by atoms with Gasteiger partial charge in [0.25, 0.3) is 0 Å². The Morgan fingerprint density at radius 2 is 1.94 bits per heavy atom. The van der Waals surface area contributed by atoms with Gasteiger partial charge >= 0.3 is 0 Å². The van der Waals surface area contributed by atoms with Gasteiger partial charge in [-0.15, -0.1) is 0 Å². The minimum atomic E-state index is -0.165. The summed E-state index contributed by atoms with van der Waals surface area (Å²) < 4.78 is 10.6. The van der Waals surface area contributed by atoms with Crippen LogP contribution in [0, 0.1) is 0 Å². The highest BCUT2D eigenvalue weighted by Crippen LogP contribution is 2.34. The molecule has 0 amide bonds. The van der Waals surface area contributed by atoms with Gasteiger partial charge in [-0.1, -0.05) is 6.92 Å². The van der Waals surface area contributed by atoms with E-state index < -0.39 is 0 Å². The van der Waals surface area contributed by atoms with Crippen molar-refractivity contribution in [3.05, 3.63) is 0 Å². The van der Waals surface area contributed by atoms with Crippen LogP contribution in [0.1, 0.15) is 33.1 Å². The molecule has 4 nitrogen and oxygen atoms in total. The monoisotopic (exact) mass is 230 g/mol. The summed E-state index contributed by atoms with van der Waals surface area (Å²) in [6.07, 6.45) is 3.25. The fourth-order valence-corrected chi connectivity index (χ4v) is 2.41. The SMILES string of the molecule is CCN(C1CC1)C(C)(CN)CC(OC)OC. The van der Waals surface area contributed by atoms with Gasteiger partial charge in [0.05, 0.1) is 0 Å². The quantitative estimate of drug-likeness (QED) is 0.636. The van der Waals surface area contributed by atoms with Gasteiger partial charge in [-0.2, -0.15) is 0 Å². The Labute approximate surface area is 99.1 Å². The lowest BCUT2D eigenvalue weighted by atomic mass is 9.94. The summed E-state index contributed by atoms with van der Waals surface area (Å²) in [4.78, 5) is 2.50. The van der Waals surface area contributed by atoms with Crippen LogP contribution in [0.4, 0.5) is 0 Å².